The number of ether oxygens (including phenoxy) is 1. The zero-order chi connectivity index (χ0) is 18.0. The maximum absolute atomic E-state index is 12.3. The van der Waals surface area contributed by atoms with Gasteiger partial charge in [-0.25, -0.2) is 9.67 Å². The molecule has 2 heterocycles. The third-order valence-corrected chi connectivity index (χ3v) is 4.70. The van der Waals surface area contributed by atoms with Crippen LogP contribution in [0.25, 0.3) is 16.7 Å². The number of hydrogen-bond donors (Lipinski definition) is 1. The summed E-state index contributed by atoms with van der Waals surface area (Å²) in [5.41, 5.74) is 3.24. The van der Waals surface area contributed by atoms with E-state index in [1.54, 1.807) is 11.6 Å². The second-order valence-corrected chi connectivity index (χ2v) is 6.44. The molecule has 25 heavy (non-hydrogen) atoms. The number of aromatic amines is 1. The Bertz CT molecular complexity index is 993. The Morgan fingerprint density at radius 3 is 2.92 bits per heavy atom. The van der Waals surface area contributed by atoms with Crippen LogP contribution >= 0.6 is 11.8 Å². The van der Waals surface area contributed by atoms with Crippen LogP contribution in [0.4, 0.5) is 0 Å². The molecule has 0 saturated heterocycles. The van der Waals surface area contributed by atoms with Gasteiger partial charge in [-0.1, -0.05) is 23.9 Å². The van der Waals surface area contributed by atoms with E-state index < -0.39 is 0 Å². The fourth-order valence-electron chi connectivity index (χ4n) is 2.44. The molecule has 0 fully saturated rings. The number of nitrogens with zero attached hydrogens (tertiary/aromatic N) is 3. The predicted octanol–water partition coefficient (Wildman–Crippen LogP) is 2.38. The molecular formula is C17H18N4O3S. The van der Waals surface area contributed by atoms with E-state index in [0.717, 1.165) is 28.6 Å². The Hall–Kier alpha value is -2.61. The first-order chi connectivity index (χ1) is 12.0. The minimum Gasteiger partial charge on any atom is -0.465 e. The number of nitrogens with one attached hydrogen (secondary N) is 1. The first kappa shape index (κ1) is 17.2. The zero-order valence-electron chi connectivity index (χ0n) is 14.2. The summed E-state index contributed by atoms with van der Waals surface area (Å²) in [7, 11) is 0. The molecule has 8 heteroatoms. The summed E-state index contributed by atoms with van der Waals surface area (Å²) in [6, 6.07) is 5.89. The molecule has 2 aromatic heterocycles. The van der Waals surface area contributed by atoms with Crippen molar-refractivity contribution in [3.8, 4) is 5.69 Å². The first-order valence-corrected chi connectivity index (χ1v) is 8.83. The average Bonchev–Trinajstić information content (AvgIpc) is 3.00. The molecule has 0 aliphatic heterocycles. The molecule has 0 spiro atoms. The number of fused-ring (bicyclic) bond motifs is 1. The number of benzene rings is 1. The lowest BCUT2D eigenvalue weighted by atomic mass is 10.1. The quantitative estimate of drug-likeness (QED) is 0.428. The van der Waals surface area contributed by atoms with Crippen LogP contribution in [0.1, 0.15) is 18.1 Å². The van der Waals surface area contributed by atoms with Gasteiger partial charge in [-0.05, 0) is 38.0 Å². The Morgan fingerprint density at radius 1 is 1.36 bits per heavy atom. The van der Waals surface area contributed by atoms with E-state index in [1.165, 1.54) is 6.20 Å². The van der Waals surface area contributed by atoms with Crippen molar-refractivity contribution in [2.45, 2.75) is 25.9 Å². The minimum atomic E-state index is -0.349. The fourth-order valence-corrected chi connectivity index (χ4v) is 3.09. The summed E-state index contributed by atoms with van der Waals surface area (Å²) in [6.07, 6.45) is 1.50. The van der Waals surface area contributed by atoms with Gasteiger partial charge in [0.15, 0.2) is 10.8 Å². The number of hydrogen-bond acceptors (Lipinski definition) is 6. The van der Waals surface area contributed by atoms with Gasteiger partial charge >= 0.3 is 5.97 Å². The Morgan fingerprint density at radius 2 is 2.16 bits per heavy atom. The molecule has 0 aliphatic rings. The topological polar surface area (TPSA) is 89.9 Å². The lowest BCUT2D eigenvalue weighted by molar-refractivity contribution is -0.139. The van der Waals surface area contributed by atoms with Crippen molar-refractivity contribution in [3.05, 3.63) is 45.9 Å². The van der Waals surface area contributed by atoms with Crippen LogP contribution in [-0.4, -0.2) is 38.1 Å². The van der Waals surface area contributed by atoms with Gasteiger partial charge in [-0.2, -0.15) is 5.10 Å². The van der Waals surface area contributed by atoms with Gasteiger partial charge < -0.3 is 9.72 Å². The second-order valence-electron chi connectivity index (χ2n) is 5.48. The number of aryl methyl sites for hydroxylation is 1. The van der Waals surface area contributed by atoms with Gasteiger partial charge in [0.2, 0.25) is 0 Å². The Balaban J connectivity index is 2.03. The van der Waals surface area contributed by atoms with E-state index >= 15 is 0 Å². The summed E-state index contributed by atoms with van der Waals surface area (Å²) in [5, 5.41) is 5.09. The van der Waals surface area contributed by atoms with Gasteiger partial charge in [0, 0.05) is 0 Å². The highest BCUT2D eigenvalue weighted by Gasteiger charge is 2.14. The number of thioether (sulfide) groups is 1. The van der Waals surface area contributed by atoms with E-state index in [4.69, 9.17) is 4.74 Å². The second kappa shape index (κ2) is 7.10. The Labute approximate surface area is 148 Å². The van der Waals surface area contributed by atoms with Gasteiger partial charge in [0.1, 0.15) is 5.39 Å². The van der Waals surface area contributed by atoms with Gasteiger partial charge in [0.05, 0.1) is 24.2 Å². The zero-order valence-corrected chi connectivity index (χ0v) is 15.0. The molecule has 0 radical (unpaired) electrons. The SMILES string of the molecule is CCOC(=O)CSc1nc2c(cnn2-c2cccc(C)c2C)c(=O)[nH]1. The summed E-state index contributed by atoms with van der Waals surface area (Å²) in [5.74, 6) is -0.266. The Kier molecular flexibility index (Phi) is 4.89. The van der Waals surface area contributed by atoms with E-state index in [2.05, 4.69) is 15.1 Å². The molecule has 1 aromatic carbocycles. The molecule has 0 amide bonds. The van der Waals surface area contributed by atoms with Crippen molar-refractivity contribution in [2.75, 3.05) is 12.4 Å². The molecular weight excluding hydrogens is 340 g/mol. The lowest BCUT2D eigenvalue weighted by Gasteiger charge is -2.09. The van der Waals surface area contributed by atoms with Crippen LogP contribution in [0, 0.1) is 13.8 Å². The highest BCUT2D eigenvalue weighted by atomic mass is 32.2. The number of esters is 1. The standard InChI is InChI=1S/C17H18N4O3S/c1-4-24-14(22)9-25-17-19-15-12(16(23)20-17)8-18-21(15)13-7-5-6-10(2)11(13)3/h5-8H,4,9H2,1-3H3,(H,19,20,23). The van der Waals surface area contributed by atoms with Crippen LogP contribution < -0.4 is 5.56 Å². The molecule has 0 saturated carbocycles. The average molecular weight is 358 g/mol. The molecule has 0 atom stereocenters. The molecule has 0 aliphatic carbocycles. The van der Waals surface area contributed by atoms with Gasteiger partial charge in [0.25, 0.3) is 5.56 Å². The van der Waals surface area contributed by atoms with Crippen molar-refractivity contribution in [3.63, 3.8) is 0 Å². The van der Waals surface area contributed by atoms with E-state index in [0.29, 0.717) is 22.8 Å². The highest BCUT2D eigenvalue weighted by Crippen LogP contribution is 2.21. The number of H-pyrrole nitrogens is 1. The molecule has 7 nitrogen and oxygen atoms in total. The third-order valence-electron chi connectivity index (χ3n) is 3.85. The van der Waals surface area contributed by atoms with E-state index in [1.807, 2.05) is 32.0 Å². The van der Waals surface area contributed by atoms with Crippen LogP contribution in [0.5, 0.6) is 0 Å². The lowest BCUT2D eigenvalue weighted by Crippen LogP contribution is -2.12. The molecule has 0 bridgehead atoms. The number of rotatable bonds is 5. The smallest absolute Gasteiger partial charge is 0.316 e. The van der Waals surface area contributed by atoms with Crippen molar-refractivity contribution < 1.29 is 9.53 Å². The van der Waals surface area contributed by atoms with Crippen LogP contribution in [-0.2, 0) is 9.53 Å². The summed E-state index contributed by atoms with van der Waals surface area (Å²) < 4.78 is 6.55. The highest BCUT2D eigenvalue weighted by molar-refractivity contribution is 7.99. The minimum absolute atomic E-state index is 0.0832. The predicted molar refractivity (Wildman–Crippen MR) is 96.3 cm³/mol. The third kappa shape index (κ3) is 3.43. The van der Waals surface area contributed by atoms with Crippen molar-refractivity contribution in [1.82, 2.24) is 19.7 Å². The van der Waals surface area contributed by atoms with Crippen LogP contribution in [0.3, 0.4) is 0 Å². The molecule has 3 aromatic rings. The summed E-state index contributed by atoms with van der Waals surface area (Å²) >= 11 is 1.13. The molecule has 1 N–H and O–H groups in total. The summed E-state index contributed by atoms with van der Waals surface area (Å²) in [4.78, 5) is 30.9. The van der Waals surface area contributed by atoms with Gasteiger partial charge in [-0.15, -0.1) is 0 Å². The van der Waals surface area contributed by atoms with Crippen LogP contribution in [0.2, 0.25) is 0 Å². The van der Waals surface area contributed by atoms with Crippen molar-refractivity contribution in [2.24, 2.45) is 0 Å². The van der Waals surface area contributed by atoms with Crippen molar-refractivity contribution in [1.29, 1.82) is 0 Å². The van der Waals surface area contributed by atoms with Crippen LogP contribution in [0.15, 0.2) is 34.3 Å². The van der Waals surface area contributed by atoms with E-state index in [9.17, 15) is 9.59 Å². The number of carbonyl (C=O) groups excluding carboxylic acids is 1. The molecule has 0 unspecified atom stereocenters. The maximum atomic E-state index is 12.3. The fraction of sp³-hybridized carbons (Fsp3) is 0.294. The number of carbonyl (C=O) groups is 1. The van der Waals surface area contributed by atoms with Gasteiger partial charge in [-0.3, -0.25) is 9.59 Å². The summed E-state index contributed by atoms with van der Waals surface area (Å²) in [6.45, 7) is 6.09. The maximum Gasteiger partial charge on any atom is 0.316 e. The van der Waals surface area contributed by atoms with E-state index in [-0.39, 0.29) is 17.3 Å². The molecule has 3 rings (SSSR count). The number of aromatic nitrogens is 4. The normalized spacial score (nSPS) is 11.0. The van der Waals surface area contributed by atoms with Crippen molar-refractivity contribution >= 4 is 28.8 Å². The first-order valence-electron chi connectivity index (χ1n) is 7.84. The molecule has 130 valence electrons. The largest absolute Gasteiger partial charge is 0.465 e. The monoisotopic (exact) mass is 358 g/mol.